The molecule has 0 spiro atoms. The molecule has 0 aromatic heterocycles. The second-order valence-electron chi connectivity index (χ2n) is 1.94. The lowest BCUT2D eigenvalue weighted by atomic mass is 10.5. The smallest absolute Gasteiger partial charge is 0.0941 e. The second kappa shape index (κ2) is 2.77. The summed E-state index contributed by atoms with van der Waals surface area (Å²) in [4.78, 5) is 0.508. The zero-order chi connectivity index (χ0) is 6.69. The molecule has 0 saturated carbocycles. The lowest BCUT2D eigenvalue weighted by Gasteiger charge is -2.10. The molecule has 1 heterocycles. The van der Waals surface area contributed by atoms with E-state index in [-0.39, 0.29) is 0 Å². The molecule has 1 rings (SSSR count). The highest BCUT2D eigenvalue weighted by Crippen LogP contribution is 1.97. The molecule has 4 heteroatoms. The maximum absolute atomic E-state index is 5.29. The molecule has 1 aliphatic rings. The first-order chi connectivity index (χ1) is 4.29. The van der Waals surface area contributed by atoms with E-state index in [1.54, 1.807) is 0 Å². The molecule has 0 amide bonds. The van der Waals surface area contributed by atoms with Crippen LogP contribution in [0.2, 0.25) is 0 Å². The van der Waals surface area contributed by atoms with Gasteiger partial charge in [0.1, 0.15) is 0 Å². The van der Waals surface area contributed by atoms with E-state index in [9.17, 15) is 0 Å². The highest BCUT2D eigenvalue weighted by molar-refractivity contribution is 7.80. The predicted molar refractivity (Wildman–Crippen MR) is 41.5 cm³/mol. The van der Waals surface area contributed by atoms with Crippen molar-refractivity contribution in [2.75, 3.05) is 13.1 Å². The van der Waals surface area contributed by atoms with Gasteiger partial charge in [-0.3, -0.25) is 5.01 Å². The van der Waals surface area contributed by atoms with Gasteiger partial charge in [0, 0.05) is 19.2 Å². The SMILES string of the molecule is NC(=S)CN1CCC=N1. The standard InChI is InChI=1S/C5H9N3S/c6-5(9)4-8-3-1-2-7-8/h2H,1,3-4H2,(H2,6,9). The van der Waals surface area contributed by atoms with Gasteiger partial charge in [-0.05, 0) is 0 Å². The van der Waals surface area contributed by atoms with Crippen LogP contribution in [0.1, 0.15) is 6.42 Å². The molecule has 1 aliphatic heterocycles. The summed E-state index contributed by atoms with van der Waals surface area (Å²) < 4.78 is 0. The van der Waals surface area contributed by atoms with Crippen molar-refractivity contribution in [2.45, 2.75) is 6.42 Å². The van der Waals surface area contributed by atoms with Crippen LogP contribution < -0.4 is 5.73 Å². The summed E-state index contributed by atoms with van der Waals surface area (Å²) in [6, 6.07) is 0. The van der Waals surface area contributed by atoms with Crippen LogP contribution in [-0.2, 0) is 0 Å². The lowest BCUT2D eigenvalue weighted by molar-refractivity contribution is 0.365. The maximum atomic E-state index is 5.29. The normalized spacial score (nSPS) is 16.7. The van der Waals surface area contributed by atoms with E-state index >= 15 is 0 Å². The van der Waals surface area contributed by atoms with E-state index in [0.29, 0.717) is 11.5 Å². The summed E-state index contributed by atoms with van der Waals surface area (Å²) in [6.45, 7) is 1.57. The van der Waals surface area contributed by atoms with Gasteiger partial charge in [0.05, 0.1) is 11.5 Å². The Morgan fingerprint density at radius 1 is 1.89 bits per heavy atom. The van der Waals surface area contributed by atoms with Crippen molar-refractivity contribution >= 4 is 23.4 Å². The molecule has 0 aliphatic carbocycles. The molecule has 2 N–H and O–H groups in total. The van der Waals surface area contributed by atoms with Crippen LogP contribution in [0.3, 0.4) is 0 Å². The van der Waals surface area contributed by atoms with Gasteiger partial charge in [-0.2, -0.15) is 5.10 Å². The van der Waals surface area contributed by atoms with Gasteiger partial charge in [-0.25, -0.2) is 0 Å². The number of hydrogen-bond donors (Lipinski definition) is 1. The van der Waals surface area contributed by atoms with Crippen molar-refractivity contribution in [2.24, 2.45) is 10.8 Å². The Labute approximate surface area is 59.5 Å². The first kappa shape index (κ1) is 6.48. The van der Waals surface area contributed by atoms with Gasteiger partial charge in [-0.15, -0.1) is 0 Å². The summed E-state index contributed by atoms with van der Waals surface area (Å²) in [6.07, 6.45) is 2.89. The van der Waals surface area contributed by atoms with Gasteiger partial charge in [0.15, 0.2) is 0 Å². The summed E-state index contributed by atoms with van der Waals surface area (Å²) in [5.41, 5.74) is 5.29. The number of nitrogens with two attached hydrogens (primary N) is 1. The first-order valence-electron chi connectivity index (χ1n) is 2.85. The van der Waals surface area contributed by atoms with Crippen LogP contribution in [0.25, 0.3) is 0 Å². The largest absolute Gasteiger partial charge is 0.392 e. The van der Waals surface area contributed by atoms with Crippen molar-refractivity contribution in [1.82, 2.24) is 5.01 Å². The third kappa shape index (κ3) is 1.97. The summed E-state index contributed by atoms with van der Waals surface area (Å²) in [7, 11) is 0. The van der Waals surface area contributed by atoms with Gasteiger partial charge < -0.3 is 5.73 Å². The minimum Gasteiger partial charge on any atom is -0.392 e. The highest BCUT2D eigenvalue weighted by Gasteiger charge is 2.04. The molecule has 0 saturated heterocycles. The van der Waals surface area contributed by atoms with Crippen LogP contribution >= 0.6 is 12.2 Å². The lowest BCUT2D eigenvalue weighted by Crippen LogP contribution is -2.26. The fourth-order valence-corrected chi connectivity index (χ4v) is 0.886. The van der Waals surface area contributed by atoms with E-state index in [2.05, 4.69) is 5.10 Å². The van der Waals surface area contributed by atoms with Gasteiger partial charge >= 0.3 is 0 Å². The number of hydrazone groups is 1. The minimum atomic E-state index is 0.508. The fraction of sp³-hybridized carbons (Fsp3) is 0.600. The van der Waals surface area contributed by atoms with Crippen LogP contribution in [0.4, 0.5) is 0 Å². The third-order valence-corrected chi connectivity index (χ3v) is 1.23. The van der Waals surface area contributed by atoms with Gasteiger partial charge in [0.2, 0.25) is 0 Å². The van der Waals surface area contributed by atoms with Gasteiger partial charge in [-0.1, -0.05) is 12.2 Å². The van der Waals surface area contributed by atoms with Crippen LogP contribution in [-0.4, -0.2) is 29.3 Å². The van der Waals surface area contributed by atoms with Crippen molar-refractivity contribution in [3.05, 3.63) is 0 Å². The van der Waals surface area contributed by atoms with Crippen molar-refractivity contribution in [3.8, 4) is 0 Å². The van der Waals surface area contributed by atoms with Crippen LogP contribution in [0.15, 0.2) is 5.10 Å². The maximum Gasteiger partial charge on any atom is 0.0941 e. The molecule has 50 valence electrons. The topological polar surface area (TPSA) is 41.6 Å². The monoisotopic (exact) mass is 143 g/mol. The zero-order valence-electron chi connectivity index (χ0n) is 5.08. The van der Waals surface area contributed by atoms with E-state index in [1.807, 2.05) is 11.2 Å². The average molecular weight is 143 g/mol. The van der Waals surface area contributed by atoms with E-state index < -0.39 is 0 Å². The Hall–Kier alpha value is -0.640. The Kier molecular flexibility index (Phi) is 2.00. The number of nitrogens with zero attached hydrogens (tertiary/aromatic N) is 2. The van der Waals surface area contributed by atoms with E-state index in [0.717, 1.165) is 13.0 Å². The average Bonchev–Trinajstić information content (AvgIpc) is 2.15. The molecular weight excluding hydrogens is 134 g/mol. The molecule has 0 bridgehead atoms. The molecule has 0 radical (unpaired) electrons. The number of rotatable bonds is 2. The molecule has 9 heavy (non-hydrogen) atoms. The molecule has 0 fully saturated rings. The molecular formula is C5H9N3S. The summed E-state index contributed by atoms with van der Waals surface area (Å²) in [5, 5.41) is 5.88. The molecule has 0 unspecified atom stereocenters. The quantitative estimate of drug-likeness (QED) is 0.552. The fourth-order valence-electron chi connectivity index (χ4n) is 0.737. The van der Waals surface area contributed by atoms with E-state index in [4.69, 9.17) is 18.0 Å². The van der Waals surface area contributed by atoms with Crippen molar-refractivity contribution < 1.29 is 0 Å². The number of thiocarbonyl (C=S) groups is 1. The Bertz CT molecular complexity index is 143. The third-order valence-electron chi connectivity index (χ3n) is 1.10. The summed E-state index contributed by atoms with van der Waals surface area (Å²) in [5.74, 6) is 0. The molecule has 0 atom stereocenters. The minimum absolute atomic E-state index is 0.508. The molecule has 0 aromatic rings. The summed E-state index contributed by atoms with van der Waals surface area (Å²) >= 11 is 4.69. The van der Waals surface area contributed by atoms with Crippen molar-refractivity contribution in [3.63, 3.8) is 0 Å². The molecule has 3 nitrogen and oxygen atoms in total. The van der Waals surface area contributed by atoms with Crippen LogP contribution in [0, 0.1) is 0 Å². The van der Waals surface area contributed by atoms with Crippen LogP contribution in [0.5, 0.6) is 0 Å². The Balaban J connectivity index is 2.28. The Morgan fingerprint density at radius 3 is 3.11 bits per heavy atom. The Morgan fingerprint density at radius 2 is 2.67 bits per heavy atom. The second-order valence-corrected chi connectivity index (χ2v) is 2.47. The predicted octanol–water partition coefficient (Wildman–Crippen LogP) is -0.0360. The molecule has 0 aromatic carbocycles. The highest BCUT2D eigenvalue weighted by atomic mass is 32.1. The zero-order valence-corrected chi connectivity index (χ0v) is 5.90. The first-order valence-corrected chi connectivity index (χ1v) is 3.25. The number of hydrogen-bond acceptors (Lipinski definition) is 3. The van der Waals surface area contributed by atoms with Gasteiger partial charge in [0.25, 0.3) is 0 Å². The van der Waals surface area contributed by atoms with E-state index in [1.165, 1.54) is 0 Å². The van der Waals surface area contributed by atoms with Crippen molar-refractivity contribution in [1.29, 1.82) is 0 Å².